The van der Waals surface area contributed by atoms with Crippen LogP contribution in [0.25, 0.3) is 11.0 Å². The minimum Gasteiger partial charge on any atom is -0.450 e. The maximum Gasteiger partial charge on any atom is 0.205 e. The first kappa shape index (κ1) is 12.3. The molecule has 21 heavy (non-hydrogen) atoms. The van der Waals surface area contributed by atoms with E-state index in [4.69, 9.17) is 4.42 Å². The van der Waals surface area contributed by atoms with E-state index in [0.29, 0.717) is 5.39 Å². The summed E-state index contributed by atoms with van der Waals surface area (Å²) in [5, 5.41) is 0.629. The maximum atomic E-state index is 13.7. The van der Waals surface area contributed by atoms with Gasteiger partial charge in [0.15, 0.2) is 17.2 Å². The molecule has 104 valence electrons. The molecule has 1 aliphatic carbocycles. The molecule has 0 radical (unpaired) electrons. The Bertz CT molecular complexity index is 847. The summed E-state index contributed by atoms with van der Waals surface area (Å²) in [5.74, 6) is -0.421. The van der Waals surface area contributed by atoms with Gasteiger partial charge < -0.3 is 4.42 Å². The van der Waals surface area contributed by atoms with Gasteiger partial charge in [-0.15, -0.1) is 0 Å². The Morgan fingerprint density at radius 1 is 1.14 bits per heavy atom. The van der Waals surface area contributed by atoms with E-state index in [-0.39, 0.29) is 23.0 Å². The number of benzene rings is 2. The largest absolute Gasteiger partial charge is 0.450 e. The molecule has 1 aliphatic rings. The number of hydrogen-bond donors (Lipinski definition) is 0. The second-order valence-corrected chi connectivity index (χ2v) is 5.42. The molecule has 0 aliphatic heterocycles. The summed E-state index contributed by atoms with van der Waals surface area (Å²) in [4.78, 5) is 12.7. The number of fused-ring (bicyclic) bond motifs is 2. The highest BCUT2D eigenvalue weighted by Crippen LogP contribution is 2.36. The zero-order valence-corrected chi connectivity index (χ0v) is 11.3. The molecule has 1 heterocycles. The van der Waals surface area contributed by atoms with Gasteiger partial charge >= 0.3 is 0 Å². The van der Waals surface area contributed by atoms with Gasteiger partial charge in [0.1, 0.15) is 0 Å². The molecule has 0 saturated heterocycles. The lowest BCUT2D eigenvalue weighted by Gasteiger charge is -2.07. The summed E-state index contributed by atoms with van der Waals surface area (Å²) in [5.41, 5.74) is 2.45. The molecule has 0 spiro atoms. The van der Waals surface area contributed by atoms with Gasteiger partial charge in [-0.05, 0) is 36.1 Å². The maximum absolute atomic E-state index is 13.7. The van der Waals surface area contributed by atoms with Gasteiger partial charge in [0, 0.05) is 5.39 Å². The molecular formula is C18H13FO2. The minimum absolute atomic E-state index is 0.0597. The summed E-state index contributed by atoms with van der Waals surface area (Å²) < 4.78 is 19.1. The second-order valence-electron chi connectivity index (χ2n) is 5.42. The molecule has 0 amide bonds. The van der Waals surface area contributed by atoms with Crippen molar-refractivity contribution >= 4 is 16.8 Å². The summed E-state index contributed by atoms with van der Waals surface area (Å²) in [6.07, 6.45) is 1.69. The van der Waals surface area contributed by atoms with Crippen LogP contribution in [-0.4, -0.2) is 5.78 Å². The van der Waals surface area contributed by atoms with Crippen LogP contribution in [0.5, 0.6) is 0 Å². The lowest BCUT2D eigenvalue weighted by Crippen LogP contribution is -2.09. The van der Waals surface area contributed by atoms with Crippen LogP contribution in [0, 0.1) is 5.82 Å². The molecule has 1 aromatic heterocycles. The Kier molecular flexibility index (Phi) is 2.67. The lowest BCUT2D eigenvalue weighted by atomic mass is 9.95. The van der Waals surface area contributed by atoms with Gasteiger partial charge in [-0.2, -0.15) is 0 Å². The second kappa shape index (κ2) is 4.55. The number of rotatable bonds is 2. The average Bonchev–Trinajstić information content (AvgIpc) is 3.11. The zero-order valence-electron chi connectivity index (χ0n) is 11.3. The van der Waals surface area contributed by atoms with Crippen molar-refractivity contribution in [2.24, 2.45) is 0 Å². The van der Waals surface area contributed by atoms with Crippen molar-refractivity contribution in [1.82, 2.24) is 0 Å². The van der Waals surface area contributed by atoms with Crippen molar-refractivity contribution < 1.29 is 13.6 Å². The van der Waals surface area contributed by atoms with Crippen molar-refractivity contribution in [3.63, 3.8) is 0 Å². The predicted octanol–water partition coefficient (Wildman–Crippen LogP) is 4.48. The van der Waals surface area contributed by atoms with E-state index in [2.05, 4.69) is 6.07 Å². The highest BCUT2D eigenvalue weighted by atomic mass is 19.1. The van der Waals surface area contributed by atoms with Crippen LogP contribution >= 0.6 is 0 Å². The Morgan fingerprint density at radius 2 is 2.00 bits per heavy atom. The van der Waals surface area contributed by atoms with Crippen molar-refractivity contribution in [2.45, 2.75) is 18.8 Å². The van der Waals surface area contributed by atoms with E-state index >= 15 is 0 Å². The van der Waals surface area contributed by atoms with E-state index in [1.54, 1.807) is 18.2 Å². The molecule has 3 heteroatoms. The first-order valence-electron chi connectivity index (χ1n) is 7.04. The number of ketones is 1. The number of carbonyl (C=O) groups is 1. The highest BCUT2D eigenvalue weighted by molar-refractivity contribution is 6.02. The molecular weight excluding hydrogens is 267 g/mol. The number of para-hydroxylation sites is 1. The van der Waals surface area contributed by atoms with E-state index in [1.165, 1.54) is 11.6 Å². The fraction of sp³-hybridized carbons (Fsp3) is 0.167. The standard InChI is InChI=1S/C18H13FO2/c19-15-7-3-5-12-10-16(21-18(12)15)17(20)14-9-8-11-4-1-2-6-13(11)14/h1-7,10,14H,8-9H2. The molecule has 0 bridgehead atoms. The first-order valence-corrected chi connectivity index (χ1v) is 7.04. The van der Waals surface area contributed by atoms with Crippen LogP contribution in [0.15, 0.2) is 52.9 Å². The molecule has 1 atom stereocenters. The molecule has 3 aromatic rings. The number of aryl methyl sites for hydroxylation is 1. The number of carbonyl (C=O) groups excluding carboxylic acids is 1. The summed E-state index contributed by atoms with van der Waals surface area (Å²) >= 11 is 0. The smallest absolute Gasteiger partial charge is 0.205 e. The summed E-state index contributed by atoms with van der Waals surface area (Å²) in [6.45, 7) is 0. The van der Waals surface area contributed by atoms with Crippen LogP contribution in [0.1, 0.15) is 34.0 Å². The van der Waals surface area contributed by atoms with Crippen LogP contribution in [0.4, 0.5) is 4.39 Å². The average molecular weight is 280 g/mol. The van der Waals surface area contributed by atoms with Crippen molar-refractivity contribution in [3.05, 3.63) is 71.2 Å². The zero-order chi connectivity index (χ0) is 14.4. The van der Waals surface area contributed by atoms with E-state index in [9.17, 15) is 9.18 Å². The van der Waals surface area contributed by atoms with E-state index < -0.39 is 5.82 Å². The van der Waals surface area contributed by atoms with Crippen LogP contribution < -0.4 is 0 Å². The minimum atomic E-state index is -0.432. The SMILES string of the molecule is O=C(c1cc2cccc(F)c2o1)C1CCc2ccccc21. The molecule has 4 rings (SSSR count). The highest BCUT2D eigenvalue weighted by Gasteiger charge is 2.31. The number of halogens is 1. The predicted molar refractivity (Wildman–Crippen MR) is 78.0 cm³/mol. The number of Topliss-reactive ketones (excluding diaryl/α,β-unsaturated/α-hetero) is 1. The quantitative estimate of drug-likeness (QED) is 0.648. The van der Waals surface area contributed by atoms with Gasteiger partial charge in [-0.25, -0.2) is 4.39 Å². The van der Waals surface area contributed by atoms with Crippen molar-refractivity contribution in [1.29, 1.82) is 0 Å². The van der Waals surface area contributed by atoms with Crippen molar-refractivity contribution in [3.8, 4) is 0 Å². The Morgan fingerprint density at radius 3 is 2.86 bits per heavy atom. The Hall–Kier alpha value is -2.42. The summed E-state index contributed by atoms with van der Waals surface area (Å²) in [7, 11) is 0. The van der Waals surface area contributed by atoms with Gasteiger partial charge in [-0.1, -0.05) is 36.4 Å². The van der Waals surface area contributed by atoms with Gasteiger partial charge in [0.25, 0.3) is 0 Å². The topological polar surface area (TPSA) is 30.2 Å². The molecule has 0 N–H and O–H groups in total. The monoisotopic (exact) mass is 280 g/mol. The third-order valence-corrected chi connectivity index (χ3v) is 4.19. The van der Waals surface area contributed by atoms with Gasteiger partial charge in [0.05, 0.1) is 5.92 Å². The fourth-order valence-corrected chi connectivity index (χ4v) is 3.15. The molecule has 0 saturated carbocycles. The third kappa shape index (κ3) is 1.88. The van der Waals surface area contributed by atoms with Crippen LogP contribution in [0.3, 0.4) is 0 Å². The van der Waals surface area contributed by atoms with Crippen LogP contribution in [-0.2, 0) is 6.42 Å². The molecule has 0 fully saturated rings. The van der Waals surface area contributed by atoms with E-state index in [1.807, 2.05) is 18.2 Å². The first-order chi connectivity index (χ1) is 10.2. The fourth-order valence-electron chi connectivity index (χ4n) is 3.15. The summed E-state index contributed by atoms with van der Waals surface area (Å²) in [6, 6.07) is 14.3. The number of hydrogen-bond acceptors (Lipinski definition) is 2. The van der Waals surface area contributed by atoms with Crippen molar-refractivity contribution in [2.75, 3.05) is 0 Å². The normalized spacial score (nSPS) is 17.1. The van der Waals surface area contributed by atoms with Gasteiger partial charge in [0.2, 0.25) is 5.78 Å². The molecule has 2 nitrogen and oxygen atoms in total. The third-order valence-electron chi connectivity index (χ3n) is 4.19. The van der Waals surface area contributed by atoms with E-state index in [0.717, 1.165) is 18.4 Å². The molecule has 1 unspecified atom stereocenters. The number of furan rings is 1. The lowest BCUT2D eigenvalue weighted by molar-refractivity contribution is 0.0934. The Balaban J connectivity index is 1.76. The molecule has 2 aromatic carbocycles. The van der Waals surface area contributed by atoms with Gasteiger partial charge in [-0.3, -0.25) is 4.79 Å². The van der Waals surface area contributed by atoms with Crippen LogP contribution in [0.2, 0.25) is 0 Å². The Labute approximate surface area is 121 Å².